The number of aryl methyl sites for hydroxylation is 1. The minimum absolute atomic E-state index is 0.00565. The molecule has 0 aliphatic carbocycles. The maximum Gasteiger partial charge on any atom is 0.242 e. The van der Waals surface area contributed by atoms with Crippen LogP contribution in [0.2, 0.25) is 0 Å². The number of anilines is 1. The highest BCUT2D eigenvalue weighted by Gasteiger charge is 2.21. The summed E-state index contributed by atoms with van der Waals surface area (Å²) in [6.45, 7) is 2.87. The van der Waals surface area contributed by atoms with E-state index in [0.717, 1.165) is 29.3 Å². The smallest absolute Gasteiger partial charge is 0.242 e. The van der Waals surface area contributed by atoms with Gasteiger partial charge in [0.2, 0.25) is 5.91 Å². The molecule has 0 spiro atoms. The zero-order valence-corrected chi connectivity index (χ0v) is 11.5. The second kappa shape index (κ2) is 6.11. The minimum Gasteiger partial charge on any atom is -0.495 e. The predicted molar refractivity (Wildman–Crippen MR) is 75.5 cm³/mol. The minimum atomic E-state index is -0.117. The lowest BCUT2D eigenvalue weighted by Gasteiger charge is -2.22. The van der Waals surface area contributed by atoms with Crippen molar-refractivity contribution in [3.63, 3.8) is 0 Å². The topological polar surface area (TPSA) is 50.4 Å². The Morgan fingerprint density at radius 3 is 3.06 bits per heavy atom. The van der Waals surface area contributed by atoms with E-state index in [-0.39, 0.29) is 11.9 Å². The predicted octanol–water partition coefficient (Wildman–Crippen LogP) is 1.65. The summed E-state index contributed by atoms with van der Waals surface area (Å²) in [5.74, 6) is 2.58. The standard InChI is InChI=1S/C13H18N2O2S/c1-9-3-4-12(17-2)10(7-9)15-13(16)11-8-18-6-5-14-11/h3-4,7,11,14H,5-6,8H2,1-2H3,(H,15,16). The molecule has 4 nitrogen and oxygen atoms in total. The summed E-state index contributed by atoms with van der Waals surface area (Å²) in [4.78, 5) is 12.1. The van der Waals surface area contributed by atoms with Gasteiger partial charge in [0, 0.05) is 18.1 Å². The monoisotopic (exact) mass is 266 g/mol. The molecule has 1 aliphatic heterocycles. The van der Waals surface area contributed by atoms with Crippen LogP contribution in [0.4, 0.5) is 5.69 Å². The third-order valence-electron chi connectivity index (χ3n) is 2.85. The number of hydrogen-bond acceptors (Lipinski definition) is 4. The van der Waals surface area contributed by atoms with Crippen molar-refractivity contribution in [3.05, 3.63) is 23.8 Å². The van der Waals surface area contributed by atoms with E-state index in [2.05, 4.69) is 10.6 Å². The summed E-state index contributed by atoms with van der Waals surface area (Å²) >= 11 is 1.80. The highest BCUT2D eigenvalue weighted by molar-refractivity contribution is 7.99. The molecule has 0 radical (unpaired) electrons. The maximum absolute atomic E-state index is 12.1. The van der Waals surface area contributed by atoms with Crippen molar-refractivity contribution in [2.75, 3.05) is 30.5 Å². The molecule has 2 rings (SSSR count). The summed E-state index contributed by atoms with van der Waals surface area (Å²) in [6.07, 6.45) is 0. The molecule has 1 aliphatic rings. The number of carbonyl (C=O) groups is 1. The summed E-state index contributed by atoms with van der Waals surface area (Å²) < 4.78 is 5.25. The van der Waals surface area contributed by atoms with Crippen molar-refractivity contribution in [2.24, 2.45) is 0 Å². The van der Waals surface area contributed by atoms with Crippen LogP contribution in [-0.4, -0.2) is 37.1 Å². The van der Waals surface area contributed by atoms with Gasteiger partial charge in [0.15, 0.2) is 0 Å². The zero-order valence-electron chi connectivity index (χ0n) is 10.7. The molecule has 1 saturated heterocycles. The summed E-state index contributed by atoms with van der Waals surface area (Å²) in [7, 11) is 1.61. The maximum atomic E-state index is 12.1. The Labute approximate surface area is 111 Å². The second-order valence-electron chi connectivity index (χ2n) is 4.27. The van der Waals surface area contributed by atoms with Gasteiger partial charge in [-0.05, 0) is 24.6 Å². The summed E-state index contributed by atoms with van der Waals surface area (Å²) in [6, 6.07) is 5.64. The van der Waals surface area contributed by atoms with Crippen LogP contribution < -0.4 is 15.4 Å². The van der Waals surface area contributed by atoms with Gasteiger partial charge in [-0.25, -0.2) is 0 Å². The zero-order chi connectivity index (χ0) is 13.0. The lowest BCUT2D eigenvalue weighted by Crippen LogP contribution is -2.46. The lowest BCUT2D eigenvalue weighted by molar-refractivity contribution is -0.117. The van der Waals surface area contributed by atoms with Crippen molar-refractivity contribution >= 4 is 23.4 Å². The molecule has 0 bridgehead atoms. The number of thioether (sulfide) groups is 1. The molecule has 18 heavy (non-hydrogen) atoms. The molecule has 0 aromatic heterocycles. The fourth-order valence-corrected chi connectivity index (χ4v) is 2.81. The number of hydrogen-bond donors (Lipinski definition) is 2. The highest BCUT2D eigenvalue weighted by Crippen LogP contribution is 2.25. The van der Waals surface area contributed by atoms with E-state index < -0.39 is 0 Å². The van der Waals surface area contributed by atoms with E-state index in [1.54, 1.807) is 18.9 Å². The first-order chi connectivity index (χ1) is 8.70. The van der Waals surface area contributed by atoms with Gasteiger partial charge < -0.3 is 15.4 Å². The Kier molecular flexibility index (Phi) is 4.49. The van der Waals surface area contributed by atoms with Crippen molar-refractivity contribution in [3.8, 4) is 5.75 Å². The van der Waals surface area contributed by atoms with Gasteiger partial charge in [0.05, 0.1) is 18.8 Å². The molecule has 1 heterocycles. The number of rotatable bonds is 3. The van der Waals surface area contributed by atoms with Gasteiger partial charge in [-0.3, -0.25) is 4.79 Å². The van der Waals surface area contributed by atoms with Crippen molar-refractivity contribution in [1.29, 1.82) is 0 Å². The van der Waals surface area contributed by atoms with E-state index in [4.69, 9.17) is 4.74 Å². The van der Waals surface area contributed by atoms with E-state index in [9.17, 15) is 4.79 Å². The fourth-order valence-electron chi connectivity index (χ4n) is 1.87. The molecule has 1 aromatic carbocycles. The van der Waals surface area contributed by atoms with Gasteiger partial charge in [-0.2, -0.15) is 11.8 Å². The molecule has 1 unspecified atom stereocenters. The number of benzene rings is 1. The number of ether oxygens (including phenoxy) is 1. The Balaban J connectivity index is 2.07. The van der Waals surface area contributed by atoms with Crippen LogP contribution >= 0.6 is 11.8 Å². The molecule has 1 amide bonds. The van der Waals surface area contributed by atoms with Crippen LogP contribution in [0.25, 0.3) is 0 Å². The van der Waals surface area contributed by atoms with Gasteiger partial charge in [0.25, 0.3) is 0 Å². The molecule has 5 heteroatoms. The van der Waals surface area contributed by atoms with Crippen LogP contribution in [0, 0.1) is 6.92 Å². The van der Waals surface area contributed by atoms with Crippen molar-refractivity contribution in [1.82, 2.24) is 5.32 Å². The summed E-state index contributed by atoms with van der Waals surface area (Å²) in [5, 5.41) is 6.15. The number of methoxy groups -OCH3 is 1. The Morgan fingerprint density at radius 2 is 2.39 bits per heavy atom. The van der Waals surface area contributed by atoms with Crippen LogP contribution in [-0.2, 0) is 4.79 Å². The average Bonchev–Trinajstić information content (AvgIpc) is 2.40. The molecular weight excluding hydrogens is 248 g/mol. The fraction of sp³-hybridized carbons (Fsp3) is 0.462. The number of carbonyl (C=O) groups excluding carboxylic acids is 1. The molecule has 0 saturated carbocycles. The third kappa shape index (κ3) is 3.17. The van der Waals surface area contributed by atoms with Crippen LogP contribution in [0.3, 0.4) is 0 Å². The van der Waals surface area contributed by atoms with E-state index in [1.807, 2.05) is 25.1 Å². The van der Waals surface area contributed by atoms with Crippen LogP contribution in [0.5, 0.6) is 5.75 Å². The van der Waals surface area contributed by atoms with Gasteiger partial charge in [-0.1, -0.05) is 6.07 Å². The van der Waals surface area contributed by atoms with Crippen molar-refractivity contribution in [2.45, 2.75) is 13.0 Å². The molecule has 2 N–H and O–H groups in total. The van der Waals surface area contributed by atoms with Gasteiger partial charge in [-0.15, -0.1) is 0 Å². The van der Waals surface area contributed by atoms with Gasteiger partial charge >= 0.3 is 0 Å². The Hall–Kier alpha value is -1.20. The van der Waals surface area contributed by atoms with E-state index >= 15 is 0 Å². The van der Waals surface area contributed by atoms with Crippen LogP contribution in [0.15, 0.2) is 18.2 Å². The molecule has 1 atom stereocenters. The number of amides is 1. The normalized spacial score (nSPS) is 19.3. The Morgan fingerprint density at radius 1 is 1.56 bits per heavy atom. The molecular formula is C13H18N2O2S. The number of nitrogens with one attached hydrogen (secondary N) is 2. The quantitative estimate of drug-likeness (QED) is 0.873. The largest absolute Gasteiger partial charge is 0.495 e. The SMILES string of the molecule is COc1ccc(C)cc1NC(=O)C1CSCCN1. The first kappa shape index (κ1) is 13.2. The van der Waals surface area contributed by atoms with E-state index in [1.165, 1.54) is 0 Å². The lowest BCUT2D eigenvalue weighted by atomic mass is 10.2. The second-order valence-corrected chi connectivity index (χ2v) is 5.42. The first-order valence-electron chi connectivity index (χ1n) is 5.97. The average molecular weight is 266 g/mol. The molecule has 98 valence electrons. The molecule has 1 fully saturated rings. The first-order valence-corrected chi connectivity index (χ1v) is 7.13. The molecule has 1 aromatic rings. The highest BCUT2D eigenvalue weighted by atomic mass is 32.2. The van der Waals surface area contributed by atoms with Gasteiger partial charge in [0.1, 0.15) is 5.75 Å². The van der Waals surface area contributed by atoms with E-state index in [0.29, 0.717) is 5.75 Å². The third-order valence-corrected chi connectivity index (χ3v) is 3.91. The van der Waals surface area contributed by atoms with Crippen molar-refractivity contribution < 1.29 is 9.53 Å². The Bertz CT molecular complexity index is 431. The summed E-state index contributed by atoms with van der Waals surface area (Å²) in [5.41, 5.74) is 1.83. The van der Waals surface area contributed by atoms with Crippen LogP contribution in [0.1, 0.15) is 5.56 Å².